The summed E-state index contributed by atoms with van der Waals surface area (Å²) in [5.74, 6) is 2.92. The van der Waals surface area contributed by atoms with E-state index < -0.39 is 0 Å². The molecule has 0 aliphatic rings. The van der Waals surface area contributed by atoms with Crippen molar-refractivity contribution in [3.8, 4) is 11.5 Å². The van der Waals surface area contributed by atoms with E-state index in [2.05, 4.69) is 10.2 Å². The summed E-state index contributed by atoms with van der Waals surface area (Å²) in [5.41, 5.74) is 0. The molecule has 19 heavy (non-hydrogen) atoms. The van der Waals surface area contributed by atoms with E-state index in [0.29, 0.717) is 35.6 Å². The molecule has 0 saturated carbocycles. The van der Waals surface area contributed by atoms with Gasteiger partial charge in [0.15, 0.2) is 18.1 Å². The van der Waals surface area contributed by atoms with Crippen LogP contribution < -0.4 is 9.47 Å². The monoisotopic (exact) mass is 282 g/mol. The molecule has 1 aromatic carbocycles. The topological polar surface area (TPSA) is 57.4 Å². The average molecular weight is 283 g/mol. The number of aryl methyl sites for hydroxylation is 1. The van der Waals surface area contributed by atoms with E-state index in [1.165, 1.54) is 0 Å². The van der Waals surface area contributed by atoms with Crippen molar-refractivity contribution in [1.29, 1.82) is 0 Å². The second-order valence-electron chi connectivity index (χ2n) is 3.82. The first-order valence-electron chi connectivity index (χ1n) is 5.96. The van der Waals surface area contributed by atoms with Gasteiger partial charge < -0.3 is 13.9 Å². The standard InChI is InChI=1S/C13H15ClN2O3/c1-17-10-5-2-3-6-11(10)18-9-13-16-15-12(19-13)7-4-8-14/h2-3,5-6H,4,7-9H2,1H3. The summed E-state index contributed by atoms with van der Waals surface area (Å²) in [4.78, 5) is 0. The number of nitrogens with zero attached hydrogens (tertiary/aromatic N) is 2. The van der Waals surface area contributed by atoms with E-state index in [4.69, 9.17) is 25.5 Å². The molecule has 0 fully saturated rings. The maximum absolute atomic E-state index is 5.60. The van der Waals surface area contributed by atoms with Gasteiger partial charge >= 0.3 is 0 Å². The lowest BCUT2D eigenvalue weighted by Gasteiger charge is -2.07. The van der Waals surface area contributed by atoms with Crippen molar-refractivity contribution in [3.63, 3.8) is 0 Å². The molecule has 0 N–H and O–H groups in total. The Kier molecular flexibility index (Phi) is 5.03. The van der Waals surface area contributed by atoms with E-state index in [0.717, 1.165) is 6.42 Å². The summed E-state index contributed by atoms with van der Waals surface area (Å²) in [6, 6.07) is 7.40. The second kappa shape index (κ2) is 6.99. The first kappa shape index (κ1) is 13.7. The lowest BCUT2D eigenvalue weighted by molar-refractivity contribution is 0.246. The van der Waals surface area contributed by atoms with Crippen molar-refractivity contribution in [1.82, 2.24) is 10.2 Å². The molecule has 0 aliphatic carbocycles. The van der Waals surface area contributed by atoms with Crippen LogP contribution in [0.3, 0.4) is 0 Å². The van der Waals surface area contributed by atoms with Gasteiger partial charge in [0.1, 0.15) is 0 Å². The molecule has 2 rings (SSSR count). The zero-order valence-electron chi connectivity index (χ0n) is 10.6. The van der Waals surface area contributed by atoms with E-state index in [9.17, 15) is 0 Å². The predicted octanol–water partition coefficient (Wildman–Crippen LogP) is 2.83. The second-order valence-corrected chi connectivity index (χ2v) is 4.20. The van der Waals surface area contributed by atoms with Crippen LogP contribution in [0.1, 0.15) is 18.2 Å². The third-order valence-corrected chi connectivity index (χ3v) is 2.72. The van der Waals surface area contributed by atoms with Gasteiger partial charge in [0.25, 0.3) is 5.89 Å². The Hall–Kier alpha value is -1.75. The Morgan fingerprint density at radius 1 is 1.16 bits per heavy atom. The summed E-state index contributed by atoms with van der Waals surface area (Å²) < 4.78 is 16.2. The van der Waals surface area contributed by atoms with Crippen molar-refractivity contribution in [2.75, 3.05) is 13.0 Å². The van der Waals surface area contributed by atoms with Crippen LogP contribution in [0.15, 0.2) is 28.7 Å². The first-order valence-corrected chi connectivity index (χ1v) is 6.50. The molecular formula is C13H15ClN2O3. The third-order valence-electron chi connectivity index (χ3n) is 2.45. The molecular weight excluding hydrogens is 268 g/mol. The lowest BCUT2D eigenvalue weighted by Crippen LogP contribution is -1.97. The SMILES string of the molecule is COc1ccccc1OCc1nnc(CCCCl)o1. The summed E-state index contributed by atoms with van der Waals surface area (Å²) in [6.07, 6.45) is 1.50. The van der Waals surface area contributed by atoms with E-state index in [1.807, 2.05) is 24.3 Å². The van der Waals surface area contributed by atoms with Crippen LogP contribution in [0.5, 0.6) is 11.5 Å². The number of aromatic nitrogens is 2. The molecule has 1 heterocycles. The zero-order chi connectivity index (χ0) is 13.5. The normalized spacial score (nSPS) is 10.4. The zero-order valence-corrected chi connectivity index (χ0v) is 11.4. The minimum Gasteiger partial charge on any atom is -0.493 e. The average Bonchev–Trinajstić information content (AvgIpc) is 2.91. The molecule has 102 valence electrons. The number of halogens is 1. The smallest absolute Gasteiger partial charge is 0.253 e. The molecule has 0 radical (unpaired) electrons. The fraction of sp³-hybridized carbons (Fsp3) is 0.385. The van der Waals surface area contributed by atoms with Crippen LogP contribution in [0.4, 0.5) is 0 Å². The van der Waals surface area contributed by atoms with Crippen molar-refractivity contribution < 1.29 is 13.9 Å². The molecule has 2 aromatic rings. The Bertz CT molecular complexity index is 516. The summed E-state index contributed by atoms with van der Waals surface area (Å²) in [7, 11) is 1.60. The van der Waals surface area contributed by atoms with Gasteiger partial charge in [-0.2, -0.15) is 0 Å². The number of hydrogen-bond donors (Lipinski definition) is 0. The number of benzene rings is 1. The van der Waals surface area contributed by atoms with Crippen LogP contribution in [0.25, 0.3) is 0 Å². The lowest BCUT2D eigenvalue weighted by atomic mass is 10.3. The fourth-order valence-corrected chi connectivity index (χ4v) is 1.68. The minimum atomic E-state index is 0.217. The van der Waals surface area contributed by atoms with Crippen molar-refractivity contribution in [2.45, 2.75) is 19.4 Å². The van der Waals surface area contributed by atoms with Crippen molar-refractivity contribution in [3.05, 3.63) is 36.0 Å². The maximum Gasteiger partial charge on any atom is 0.253 e. The molecule has 0 spiro atoms. The highest BCUT2D eigenvalue weighted by Gasteiger charge is 2.08. The number of alkyl halides is 1. The predicted molar refractivity (Wildman–Crippen MR) is 70.7 cm³/mol. The Labute approximate surface area is 116 Å². The quantitative estimate of drug-likeness (QED) is 0.731. The van der Waals surface area contributed by atoms with Gasteiger partial charge in [0, 0.05) is 12.3 Å². The third kappa shape index (κ3) is 3.86. The molecule has 6 heteroatoms. The Balaban J connectivity index is 1.93. The fourth-order valence-electron chi connectivity index (χ4n) is 1.54. The first-order chi connectivity index (χ1) is 9.33. The molecule has 0 atom stereocenters. The molecule has 5 nitrogen and oxygen atoms in total. The number of methoxy groups -OCH3 is 1. The minimum absolute atomic E-state index is 0.217. The van der Waals surface area contributed by atoms with E-state index in [-0.39, 0.29) is 6.61 Å². The van der Waals surface area contributed by atoms with Crippen LogP contribution in [0, 0.1) is 0 Å². The van der Waals surface area contributed by atoms with Crippen LogP contribution in [-0.4, -0.2) is 23.2 Å². The van der Waals surface area contributed by atoms with Crippen LogP contribution in [-0.2, 0) is 13.0 Å². The molecule has 0 saturated heterocycles. The van der Waals surface area contributed by atoms with E-state index in [1.54, 1.807) is 7.11 Å². The highest BCUT2D eigenvalue weighted by Crippen LogP contribution is 2.26. The maximum atomic E-state index is 5.60. The van der Waals surface area contributed by atoms with Gasteiger partial charge in [0.2, 0.25) is 5.89 Å². The van der Waals surface area contributed by atoms with E-state index >= 15 is 0 Å². The summed E-state index contributed by atoms with van der Waals surface area (Å²) in [5, 5.41) is 7.84. The molecule has 0 amide bonds. The van der Waals surface area contributed by atoms with Crippen molar-refractivity contribution >= 4 is 11.6 Å². The largest absolute Gasteiger partial charge is 0.493 e. The molecule has 1 aromatic heterocycles. The highest BCUT2D eigenvalue weighted by molar-refractivity contribution is 6.17. The van der Waals surface area contributed by atoms with Gasteiger partial charge in [-0.15, -0.1) is 21.8 Å². The Morgan fingerprint density at radius 3 is 2.63 bits per heavy atom. The molecule has 0 unspecified atom stereocenters. The summed E-state index contributed by atoms with van der Waals surface area (Å²) in [6.45, 7) is 0.217. The Morgan fingerprint density at radius 2 is 1.89 bits per heavy atom. The molecule has 0 bridgehead atoms. The van der Waals surface area contributed by atoms with Crippen LogP contribution >= 0.6 is 11.6 Å². The van der Waals surface area contributed by atoms with Gasteiger partial charge in [-0.1, -0.05) is 12.1 Å². The van der Waals surface area contributed by atoms with Gasteiger partial charge in [-0.05, 0) is 18.6 Å². The van der Waals surface area contributed by atoms with Gasteiger partial charge in [-0.3, -0.25) is 0 Å². The van der Waals surface area contributed by atoms with Crippen molar-refractivity contribution in [2.24, 2.45) is 0 Å². The van der Waals surface area contributed by atoms with Gasteiger partial charge in [-0.25, -0.2) is 0 Å². The molecule has 0 aliphatic heterocycles. The number of hydrogen-bond acceptors (Lipinski definition) is 5. The van der Waals surface area contributed by atoms with Gasteiger partial charge in [0.05, 0.1) is 7.11 Å². The number of para-hydroxylation sites is 2. The summed E-state index contributed by atoms with van der Waals surface area (Å²) >= 11 is 5.60. The number of rotatable bonds is 7. The highest BCUT2D eigenvalue weighted by atomic mass is 35.5. The number of ether oxygens (including phenoxy) is 2. The van der Waals surface area contributed by atoms with Crippen LogP contribution in [0.2, 0.25) is 0 Å².